The zero-order valence-electron chi connectivity index (χ0n) is 8.73. The van der Waals surface area contributed by atoms with Crippen LogP contribution in [0.15, 0.2) is 0 Å². The monoisotopic (exact) mass is 294 g/mol. The number of unbranched alkanes of at least 4 members (excludes halogenated alkanes) is 2. The average Bonchev–Trinajstić information content (AvgIpc) is 2.18. The number of halogens is 4. The minimum absolute atomic E-state index is 0.299. The third kappa shape index (κ3) is 11.4. The summed E-state index contributed by atoms with van der Waals surface area (Å²) in [5.74, 6) is 1.34. The van der Waals surface area contributed by atoms with E-state index in [1.807, 2.05) is 0 Å². The van der Waals surface area contributed by atoms with Gasteiger partial charge in [0.1, 0.15) is 11.1 Å². The highest BCUT2D eigenvalue weighted by Gasteiger charge is 2.11. The first-order valence-corrected chi connectivity index (χ1v) is 7.20. The Morgan fingerprint density at radius 1 is 0.733 bits per heavy atom. The SMILES string of the molecule is ClCCCCC(Cl)OC(Cl)CCCCCl. The molecule has 0 aliphatic rings. The third-order valence-electron chi connectivity index (χ3n) is 1.92. The minimum Gasteiger partial charge on any atom is -0.344 e. The van der Waals surface area contributed by atoms with Crippen LogP contribution in [-0.4, -0.2) is 22.9 Å². The number of ether oxygens (including phenoxy) is 1. The molecule has 1 nitrogen and oxygen atoms in total. The van der Waals surface area contributed by atoms with Crippen LogP contribution >= 0.6 is 46.4 Å². The van der Waals surface area contributed by atoms with Crippen molar-refractivity contribution in [3.63, 3.8) is 0 Å². The van der Waals surface area contributed by atoms with Crippen molar-refractivity contribution >= 4 is 46.4 Å². The van der Waals surface area contributed by atoms with Crippen molar-refractivity contribution in [1.82, 2.24) is 0 Å². The topological polar surface area (TPSA) is 9.23 Å². The van der Waals surface area contributed by atoms with Crippen LogP contribution in [-0.2, 0) is 4.74 Å². The molecule has 0 bridgehead atoms. The van der Waals surface area contributed by atoms with Crippen molar-refractivity contribution in [2.24, 2.45) is 0 Å². The zero-order valence-corrected chi connectivity index (χ0v) is 11.8. The Hall–Kier alpha value is 1.12. The highest BCUT2D eigenvalue weighted by molar-refractivity contribution is 6.21. The van der Waals surface area contributed by atoms with E-state index < -0.39 is 0 Å². The zero-order chi connectivity index (χ0) is 11.5. The van der Waals surface area contributed by atoms with Crippen molar-refractivity contribution in [2.45, 2.75) is 49.7 Å². The molecule has 92 valence electrons. The summed E-state index contributed by atoms with van der Waals surface area (Å²) in [4.78, 5) is 0. The van der Waals surface area contributed by atoms with Crippen LogP contribution in [0.3, 0.4) is 0 Å². The first kappa shape index (κ1) is 16.1. The summed E-state index contributed by atoms with van der Waals surface area (Å²) in [5, 5.41) is 0. The largest absolute Gasteiger partial charge is 0.344 e. The van der Waals surface area contributed by atoms with E-state index in [4.69, 9.17) is 51.1 Å². The van der Waals surface area contributed by atoms with Crippen LogP contribution in [0.5, 0.6) is 0 Å². The molecule has 0 aromatic rings. The molecule has 0 heterocycles. The fraction of sp³-hybridized carbons (Fsp3) is 1.00. The fourth-order valence-electron chi connectivity index (χ4n) is 1.09. The normalized spacial score (nSPS) is 15.2. The van der Waals surface area contributed by atoms with Crippen molar-refractivity contribution in [2.75, 3.05) is 11.8 Å². The lowest BCUT2D eigenvalue weighted by atomic mass is 10.2. The molecule has 0 rings (SSSR count). The second kappa shape index (κ2) is 11.6. The summed E-state index contributed by atoms with van der Waals surface area (Å²) >= 11 is 23.0. The lowest BCUT2D eigenvalue weighted by Gasteiger charge is -2.15. The second-order valence-corrected chi connectivity index (χ2v) is 5.06. The summed E-state index contributed by atoms with van der Waals surface area (Å²) in [6, 6.07) is 0. The number of hydrogen-bond acceptors (Lipinski definition) is 1. The molecule has 5 heteroatoms. The van der Waals surface area contributed by atoms with E-state index in [1.54, 1.807) is 0 Å². The van der Waals surface area contributed by atoms with Gasteiger partial charge in [0.05, 0.1) is 0 Å². The van der Waals surface area contributed by atoms with Crippen LogP contribution in [0.1, 0.15) is 38.5 Å². The van der Waals surface area contributed by atoms with Gasteiger partial charge in [-0.05, 0) is 38.5 Å². The van der Waals surface area contributed by atoms with Gasteiger partial charge >= 0.3 is 0 Å². The first-order chi connectivity index (χ1) is 7.20. The molecular formula is C10H18Cl4O. The molecule has 0 aliphatic carbocycles. The Morgan fingerprint density at radius 2 is 1.13 bits per heavy atom. The fourth-order valence-corrected chi connectivity index (χ4v) is 2.08. The van der Waals surface area contributed by atoms with Gasteiger partial charge < -0.3 is 4.74 Å². The molecule has 0 aliphatic heterocycles. The Morgan fingerprint density at radius 3 is 1.47 bits per heavy atom. The Kier molecular flexibility index (Phi) is 12.5. The van der Waals surface area contributed by atoms with Gasteiger partial charge in [-0.1, -0.05) is 23.2 Å². The summed E-state index contributed by atoms with van der Waals surface area (Å²) in [6.07, 6.45) is 5.48. The van der Waals surface area contributed by atoms with Crippen LogP contribution < -0.4 is 0 Å². The van der Waals surface area contributed by atoms with Gasteiger partial charge in [-0.25, -0.2) is 0 Å². The lowest BCUT2D eigenvalue weighted by molar-refractivity contribution is 0.0697. The third-order valence-corrected chi connectivity index (χ3v) is 3.10. The highest BCUT2D eigenvalue weighted by Crippen LogP contribution is 2.17. The van der Waals surface area contributed by atoms with Crippen molar-refractivity contribution in [3.05, 3.63) is 0 Å². The van der Waals surface area contributed by atoms with Crippen molar-refractivity contribution < 1.29 is 4.74 Å². The highest BCUT2D eigenvalue weighted by atomic mass is 35.5. The smallest absolute Gasteiger partial charge is 0.133 e. The van der Waals surface area contributed by atoms with E-state index in [2.05, 4.69) is 0 Å². The van der Waals surface area contributed by atoms with Crippen LogP contribution in [0.25, 0.3) is 0 Å². The van der Waals surface area contributed by atoms with Gasteiger partial charge in [0, 0.05) is 11.8 Å². The number of alkyl halides is 4. The van der Waals surface area contributed by atoms with E-state index in [0.717, 1.165) is 38.5 Å². The second-order valence-electron chi connectivity index (χ2n) is 3.33. The van der Waals surface area contributed by atoms with Gasteiger partial charge in [0.2, 0.25) is 0 Å². The standard InChI is InChI=1S/C10H18Cl4O/c11-7-3-1-5-9(13)15-10(14)6-2-4-8-12/h9-10H,1-8H2. The van der Waals surface area contributed by atoms with Crippen molar-refractivity contribution in [3.8, 4) is 0 Å². The number of hydrogen-bond donors (Lipinski definition) is 0. The maximum atomic E-state index is 5.95. The molecule has 2 atom stereocenters. The molecule has 15 heavy (non-hydrogen) atoms. The van der Waals surface area contributed by atoms with Crippen LogP contribution in [0.2, 0.25) is 0 Å². The Bertz CT molecular complexity index is 121. The molecule has 2 unspecified atom stereocenters. The predicted molar refractivity (Wildman–Crippen MR) is 69.5 cm³/mol. The van der Waals surface area contributed by atoms with Crippen molar-refractivity contribution in [1.29, 1.82) is 0 Å². The van der Waals surface area contributed by atoms with E-state index in [9.17, 15) is 0 Å². The first-order valence-electron chi connectivity index (χ1n) is 5.26. The quantitative estimate of drug-likeness (QED) is 0.409. The van der Waals surface area contributed by atoms with Crippen LogP contribution in [0.4, 0.5) is 0 Å². The van der Waals surface area contributed by atoms with Crippen LogP contribution in [0, 0.1) is 0 Å². The van der Waals surface area contributed by atoms with E-state index in [0.29, 0.717) is 11.8 Å². The molecule has 0 saturated heterocycles. The molecule has 0 aromatic heterocycles. The Balaban J connectivity index is 3.35. The van der Waals surface area contributed by atoms with Gasteiger partial charge in [-0.15, -0.1) is 23.2 Å². The average molecular weight is 296 g/mol. The molecular weight excluding hydrogens is 278 g/mol. The van der Waals surface area contributed by atoms with Gasteiger partial charge in [-0.3, -0.25) is 0 Å². The molecule has 0 N–H and O–H groups in total. The molecule has 0 aromatic carbocycles. The molecule has 0 saturated carbocycles. The summed E-state index contributed by atoms with van der Waals surface area (Å²) in [6.45, 7) is 0. The van der Waals surface area contributed by atoms with Gasteiger partial charge in [0.25, 0.3) is 0 Å². The minimum atomic E-state index is -0.299. The maximum absolute atomic E-state index is 5.95. The number of rotatable bonds is 10. The van der Waals surface area contributed by atoms with E-state index in [-0.39, 0.29) is 11.1 Å². The molecule has 0 spiro atoms. The van der Waals surface area contributed by atoms with Gasteiger partial charge in [0.15, 0.2) is 0 Å². The van der Waals surface area contributed by atoms with Gasteiger partial charge in [-0.2, -0.15) is 0 Å². The summed E-state index contributed by atoms with van der Waals surface area (Å²) in [7, 11) is 0. The summed E-state index contributed by atoms with van der Waals surface area (Å²) in [5.41, 5.74) is -0.599. The molecule has 0 fully saturated rings. The summed E-state index contributed by atoms with van der Waals surface area (Å²) < 4.78 is 5.39. The van der Waals surface area contributed by atoms with E-state index in [1.165, 1.54) is 0 Å². The van der Waals surface area contributed by atoms with E-state index >= 15 is 0 Å². The molecule has 0 radical (unpaired) electrons. The lowest BCUT2D eigenvalue weighted by Crippen LogP contribution is -2.13. The maximum Gasteiger partial charge on any atom is 0.133 e. The predicted octanol–water partition coefficient (Wildman–Crippen LogP) is 4.95. The molecule has 0 amide bonds. The Labute approximate surface area is 112 Å².